The second-order valence-electron chi connectivity index (χ2n) is 7.36. The highest BCUT2D eigenvalue weighted by molar-refractivity contribution is 5.78. The Morgan fingerprint density at radius 3 is 2.52 bits per heavy atom. The van der Waals surface area contributed by atoms with Crippen LogP contribution in [-0.2, 0) is 17.6 Å². The SMILES string of the molecule is CC(C)C(=O)NC1c2nc(CCc3ccccc3)cn2C(CO)[C@@H](O)[C@@H]1O. The third-order valence-corrected chi connectivity index (χ3v) is 5.05. The van der Waals surface area contributed by atoms with Gasteiger partial charge in [-0.05, 0) is 18.4 Å². The normalized spacial score (nSPS) is 24.7. The van der Waals surface area contributed by atoms with E-state index in [1.54, 1.807) is 24.6 Å². The molecule has 0 saturated heterocycles. The van der Waals surface area contributed by atoms with Crippen LogP contribution >= 0.6 is 0 Å². The molecule has 1 aromatic heterocycles. The molecule has 146 valence electrons. The quantitative estimate of drug-likeness (QED) is 0.598. The highest BCUT2D eigenvalue weighted by Gasteiger charge is 2.43. The lowest BCUT2D eigenvalue weighted by atomic mass is 9.93. The van der Waals surface area contributed by atoms with E-state index in [-0.39, 0.29) is 18.4 Å². The van der Waals surface area contributed by atoms with Crippen LogP contribution in [-0.4, -0.2) is 49.6 Å². The maximum absolute atomic E-state index is 12.2. The number of carbonyl (C=O) groups excluding carboxylic acids is 1. The topological polar surface area (TPSA) is 108 Å². The smallest absolute Gasteiger partial charge is 0.223 e. The monoisotopic (exact) mass is 373 g/mol. The summed E-state index contributed by atoms with van der Waals surface area (Å²) in [5, 5.41) is 33.4. The van der Waals surface area contributed by atoms with Gasteiger partial charge in [-0.15, -0.1) is 0 Å². The molecule has 4 atom stereocenters. The number of aryl methyl sites for hydroxylation is 2. The second-order valence-corrected chi connectivity index (χ2v) is 7.36. The van der Waals surface area contributed by atoms with Crippen LogP contribution < -0.4 is 5.32 Å². The van der Waals surface area contributed by atoms with E-state index in [1.807, 2.05) is 30.3 Å². The number of rotatable bonds is 6. The van der Waals surface area contributed by atoms with E-state index < -0.39 is 24.3 Å². The predicted octanol–water partition coefficient (Wildman–Crippen LogP) is 0.750. The zero-order valence-electron chi connectivity index (χ0n) is 15.6. The first kappa shape index (κ1) is 19.5. The Balaban J connectivity index is 1.87. The Labute approximate surface area is 158 Å². The maximum Gasteiger partial charge on any atom is 0.223 e. The number of nitrogens with zero attached hydrogens (tertiary/aromatic N) is 2. The predicted molar refractivity (Wildman–Crippen MR) is 99.9 cm³/mol. The van der Waals surface area contributed by atoms with Crippen LogP contribution in [0.25, 0.3) is 0 Å². The summed E-state index contributed by atoms with van der Waals surface area (Å²) in [5.41, 5.74) is 1.98. The minimum Gasteiger partial charge on any atom is -0.394 e. The molecular formula is C20H27N3O4. The Morgan fingerprint density at radius 2 is 1.89 bits per heavy atom. The molecule has 0 aliphatic carbocycles. The minimum absolute atomic E-state index is 0.228. The number of benzene rings is 1. The first-order valence-electron chi connectivity index (χ1n) is 9.31. The fourth-order valence-electron chi connectivity index (χ4n) is 3.40. The van der Waals surface area contributed by atoms with Gasteiger partial charge in [0.05, 0.1) is 18.3 Å². The van der Waals surface area contributed by atoms with Gasteiger partial charge in [0.15, 0.2) is 0 Å². The van der Waals surface area contributed by atoms with Crippen LogP contribution in [0.15, 0.2) is 36.5 Å². The first-order valence-corrected chi connectivity index (χ1v) is 9.31. The van der Waals surface area contributed by atoms with Gasteiger partial charge >= 0.3 is 0 Å². The number of aliphatic hydroxyl groups excluding tert-OH is 3. The minimum atomic E-state index is -1.23. The molecule has 0 bridgehead atoms. The van der Waals surface area contributed by atoms with Gasteiger partial charge in [0.1, 0.15) is 24.1 Å². The summed E-state index contributed by atoms with van der Waals surface area (Å²) < 4.78 is 1.68. The van der Waals surface area contributed by atoms with Gasteiger partial charge in [0.2, 0.25) is 5.91 Å². The Morgan fingerprint density at radius 1 is 1.19 bits per heavy atom. The summed E-state index contributed by atoms with van der Waals surface area (Å²) in [6.45, 7) is 3.19. The van der Waals surface area contributed by atoms with Crippen molar-refractivity contribution in [2.75, 3.05) is 6.61 Å². The maximum atomic E-state index is 12.2. The Kier molecular flexibility index (Phi) is 5.94. The van der Waals surface area contributed by atoms with Gasteiger partial charge in [-0.3, -0.25) is 4.79 Å². The summed E-state index contributed by atoms with van der Waals surface area (Å²) in [6.07, 6.45) is 0.842. The van der Waals surface area contributed by atoms with Crippen molar-refractivity contribution in [2.45, 2.75) is 51.0 Å². The lowest BCUT2D eigenvalue weighted by Crippen LogP contribution is -2.52. The van der Waals surface area contributed by atoms with Gasteiger partial charge < -0.3 is 25.2 Å². The molecule has 1 aliphatic heterocycles. The van der Waals surface area contributed by atoms with Crippen molar-refractivity contribution in [1.82, 2.24) is 14.9 Å². The number of hydrogen-bond donors (Lipinski definition) is 4. The molecule has 1 aliphatic rings. The molecular weight excluding hydrogens is 346 g/mol. The van der Waals surface area contributed by atoms with E-state index in [9.17, 15) is 20.1 Å². The molecule has 7 heteroatoms. The fraction of sp³-hybridized carbons (Fsp3) is 0.500. The van der Waals surface area contributed by atoms with Crippen molar-refractivity contribution in [1.29, 1.82) is 0 Å². The van der Waals surface area contributed by atoms with Gasteiger partial charge in [-0.1, -0.05) is 44.2 Å². The first-order chi connectivity index (χ1) is 12.9. The summed E-state index contributed by atoms with van der Waals surface area (Å²) in [7, 11) is 0. The van der Waals surface area contributed by atoms with E-state index in [0.717, 1.165) is 12.1 Å². The molecule has 2 aromatic rings. The van der Waals surface area contributed by atoms with Gasteiger partial charge in [0, 0.05) is 12.1 Å². The van der Waals surface area contributed by atoms with Crippen LogP contribution in [0.2, 0.25) is 0 Å². The Bertz CT molecular complexity index is 775. The Hall–Kier alpha value is -2.22. The molecule has 27 heavy (non-hydrogen) atoms. The summed E-state index contributed by atoms with van der Waals surface area (Å²) in [6, 6.07) is 8.52. The standard InChI is InChI=1S/C20H27N3O4/c1-12(2)20(27)22-16-18(26)17(25)15(11-24)23-10-14(21-19(16)23)9-8-13-6-4-3-5-7-13/h3-7,10,12,15-18,24-26H,8-9,11H2,1-2H3,(H,22,27)/t15?,16?,17-,18-/m1/s1. The van der Waals surface area contributed by atoms with Crippen LogP contribution in [0.4, 0.5) is 0 Å². The number of fused-ring (bicyclic) bond motifs is 1. The summed E-state index contributed by atoms with van der Waals surface area (Å²) in [5.74, 6) is -0.0242. The van der Waals surface area contributed by atoms with Crippen LogP contribution in [0.3, 0.4) is 0 Å². The van der Waals surface area contributed by atoms with Gasteiger partial charge in [-0.2, -0.15) is 0 Å². The molecule has 0 saturated carbocycles. The fourth-order valence-corrected chi connectivity index (χ4v) is 3.40. The molecule has 0 spiro atoms. The lowest BCUT2D eigenvalue weighted by Gasteiger charge is -2.38. The van der Waals surface area contributed by atoms with Crippen molar-refractivity contribution in [3.05, 3.63) is 53.6 Å². The zero-order chi connectivity index (χ0) is 19.6. The van der Waals surface area contributed by atoms with Crippen LogP contribution in [0.1, 0.15) is 43.0 Å². The van der Waals surface area contributed by atoms with E-state index in [0.29, 0.717) is 12.2 Å². The van der Waals surface area contributed by atoms with E-state index >= 15 is 0 Å². The van der Waals surface area contributed by atoms with Gasteiger partial charge in [0.25, 0.3) is 0 Å². The number of carbonyl (C=O) groups is 1. The third-order valence-electron chi connectivity index (χ3n) is 5.05. The van der Waals surface area contributed by atoms with E-state index in [1.165, 1.54) is 5.56 Å². The number of aromatic nitrogens is 2. The van der Waals surface area contributed by atoms with Gasteiger partial charge in [-0.25, -0.2) is 4.98 Å². The molecule has 3 rings (SSSR count). The average Bonchev–Trinajstić information content (AvgIpc) is 3.08. The third kappa shape index (κ3) is 4.05. The van der Waals surface area contributed by atoms with E-state index in [4.69, 9.17) is 0 Å². The lowest BCUT2D eigenvalue weighted by molar-refractivity contribution is -0.128. The zero-order valence-corrected chi connectivity index (χ0v) is 15.6. The van der Waals surface area contributed by atoms with Crippen molar-refractivity contribution in [2.24, 2.45) is 5.92 Å². The summed E-state index contributed by atoms with van der Waals surface area (Å²) >= 11 is 0. The number of imidazole rings is 1. The number of nitrogens with one attached hydrogen (secondary N) is 1. The number of amides is 1. The molecule has 2 heterocycles. The van der Waals surface area contributed by atoms with Crippen LogP contribution in [0, 0.1) is 5.92 Å². The second kappa shape index (κ2) is 8.21. The van der Waals surface area contributed by atoms with E-state index in [2.05, 4.69) is 10.3 Å². The van der Waals surface area contributed by atoms with Crippen molar-refractivity contribution >= 4 is 5.91 Å². The molecule has 4 N–H and O–H groups in total. The number of hydrogen-bond acceptors (Lipinski definition) is 5. The largest absolute Gasteiger partial charge is 0.394 e. The highest BCUT2D eigenvalue weighted by atomic mass is 16.3. The summed E-state index contributed by atoms with van der Waals surface area (Å²) in [4.78, 5) is 16.8. The molecule has 1 aromatic carbocycles. The molecule has 0 fully saturated rings. The van der Waals surface area contributed by atoms with Crippen molar-refractivity contribution in [3.63, 3.8) is 0 Å². The van der Waals surface area contributed by atoms with Crippen molar-refractivity contribution in [3.8, 4) is 0 Å². The molecule has 0 radical (unpaired) electrons. The molecule has 1 amide bonds. The molecule has 2 unspecified atom stereocenters. The number of aliphatic hydroxyl groups is 3. The van der Waals surface area contributed by atoms with Crippen LogP contribution in [0.5, 0.6) is 0 Å². The highest BCUT2D eigenvalue weighted by Crippen LogP contribution is 2.33. The molecule has 7 nitrogen and oxygen atoms in total. The average molecular weight is 373 g/mol. The van der Waals surface area contributed by atoms with Crippen molar-refractivity contribution < 1.29 is 20.1 Å².